The van der Waals surface area contributed by atoms with Crippen LogP contribution in [-0.4, -0.2) is 63.3 Å². The van der Waals surface area contributed by atoms with Gasteiger partial charge in [-0.15, -0.1) is 11.3 Å². The Morgan fingerprint density at radius 2 is 2.24 bits per heavy atom. The molecule has 5 heterocycles. The van der Waals surface area contributed by atoms with Crippen LogP contribution >= 0.6 is 11.3 Å². The number of nitrogens with zero attached hydrogens (tertiary/aromatic N) is 3. The lowest BCUT2D eigenvalue weighted by Gasteiger charge is -2.56. The molecule has 29 heavy (non-hydrogen) atoms. The zero-order valence-corrected chi connectivity index (χ0v) is 17.2. The minimum atomic E-state index is -0.103. The second-order valence-corrected chi connectivity index (χ2v) is 9.27. The third kappa shape index (κ3) is 3.71. The summed E-state index contributed by atoms with van der Waals surface area (Å²) in [6.45, 7) is 3.37. The molecule has 2 amide bonds. The fourth-order valence-corrected chi connectivity index (χ4v) is 6.12. The standard InChI is InChI=1S/C21H27N5O2S/c27-20-5-1-4-18-14-7-15(10-25(9-14)11-16-12-29-13-24-16)19(26(18)20)8-23-21(28)17-3-2-6-22-17/h2-3,6,12-15,18-19,22H,1,4-5,7-11H2,(H,23,28)/t14-,15+,18+,19+/m1/s1. The Kier molecular flexibility index (Phi) is 5.13. The number of hydrogen-bond donors (Lipinski definition) is 2. The predicted molar refractivity (Wildman–Crippen MR) is 110 cm³/mol. The van der Waals surface area contributed by atoms with Crippen LogP contribution in [0.15, 0.2) is 29.2 Å². The minimum absolute atomic E-state index is 0.0706. The first-order valence-corrected chi connectivity index (χ1v) is 11.5. The SMILES string of the molecule is O=C(NC[C@H]1[C@H]2C[C@H](CN(Cc3cscn3)C2)[C@@H]2CCCC(=O)N21)c1ccc[nH]1. The van der Waals surface area contributed by atoms with E-state index in [4.69, 9.17) is 0 Å². The minimum Gasteiger partial charge on any atom is -0.357 e. The summed E-state index contributed by atoms with van der Waals surface area (Å²) in [5.41, 5.74) is 3.58. The van der Waals surface area contributed by atoms with Crippen molar-refractivity contribution in [3.05, 3.63) is 40.6 Å². The number of aromatic nitrogens is 2. The molecule has 0 spiro atoms. The number of hydrogen-bond acceptors (Lipinski definition) is 5. The predicted octanol–water partition coefficient (Wildman–Crippen LogP) is 2.10. The normalized spacial score (nSPS) is 29.5. The van der Waals surface area contributed by atoms with Gasteiger partial charge in [-0.2, -0.15) is 0 Å². The monoisotopic (exact) mass is 413 g/mol. The molecule has 8 heteroatoms. The van der Waals surface area contributed by atoms with Gasteiger partial charge < -0.3 is 15.2 Å². The van der Waals surface area contributed by atoms with Crippen molar-refractivity contribution >= 4 is 23.2 Å². The Morgan fingerprint density at radius 3 is 3.03 bits per heavy atom. The van der Waals surface area contributed by atoms with Crippen molar-refractivity contribution in [3.63, 3.8) is 0 Å². The highest BCUT2D eigenvalue weighted by Gasteiger charge is 2.49. The molecule has 0 radical (unpaired) electrons. The van der Waals surface area contributed by atoms with Crippen LogP contribution in [0.4, 0.5) is 0 Å². The lowest BCUT2D eigenvalue weighted by Crippen LogP contribution is -2.67. The van der Waals surface area contributed by atoms with E-state index in [1.165, 1.54) is 0 Å². The van der Waals surface area contributed by atoms with E-state index in [2.05, 4.69) is 30.5 Å². The number of amides is 2. The van der Waals surface area contributed by atoms with E-state index in [0.29, 0.717) is 36.5 Å². The molecule has 2 aromatic heterocycles. The molecule has 7 nitrogen and oxygen atoms in total. The maximum absolute atomic E-state index is 12.9. The molecule has 0 saturated carbocycles. The van der Waals surface area contributed by atoms with Gasteiger partial charge in [-0.1, -0.05) is 0 Å². The lowest BCUT2D eigenvalue weighted by molar-refractivity contribution is -0.152. The molecule has 3 aliphatic heterocycles. The fraction of sp³-hybridized carbons (Fsp3) is 0.571. The topological polar surface area (TPSA) is 81.3 Å². The van der Waals surface area contributed by atoms with E-state index in [1.807, 2.05) is 11.6 Å². The number of nitrogens with one attached hydrogen (secondary N) is 2. The van der Waals surface area contributed by atoms with Crippen LogP contribution in [0, 0.1) is 11.8 Å². The molecule has 2 bridgehead atoms. The summed E-state index contributed by atoms with van der Waals surface area (Å²) in [6.07, 6.45) is 5.59. The molecular weight excluding hydrogens is 386 g/mol. The average molecular weight is 414 g/mol. The van der Waals surface area contributed by atoms with E-state index in [-0.39, 0.29) is 17.9 Å². The van der Waals surface area contributed by atoms with E-state index < -0.39 is 0 Å². The zero-order valence-electron chi connectivity index (χ0n) is 16.4. The third-order valence-electron chi connectivity index (χ3n) is 6.76. The van der Waals surface area contributed by atoms with Gasteiger partial charge >= 0.3 is 0 Å². The number of aromatic amines is 1. The fourth-order valence-electron chi connectivity index (χ4n) is 5.57. The maximum Gasteiger partial charge on any atom is 0.267 e. The summed E-state index contributed by atoms with van der Waals surface area (Å²) in [5.74, 6) is 1.07. The zero-order chi connectivity index (χ0) is 19.8. The Hall–Kier alpha value is -2.19. The van der Waals surface area contributed by atoms with E-state index >= 15 is 0 Å². The highest BCUT2D eigenvalue weighted by Crippen LogP contribution is 2.41. The quantitative estimate of drug-likeness (QED) is 0.787. The van der Waals surface area contributed by atoms with Crippen molar-refractivity contribution in [2.75, 3.05) is 19.6 Å². The van der Waals surface area contributed by atoms with E-state index in [9.17, 15) is 9.59 Å². The van der Waals surface area contributed by atoms with Crippen molar-refractivity contribution in [1.29, 1.82) is 0 Å². The van der Waals surface area contributed by atoms with E-state index in [0.717, 1.165) is 44.6 Å². The van der Waals surface area contributed by atoms with E-state index in [1.54, 1.807) is 23.6 Å². The molecule has 5 rings (SSSR count). The van der Waals surface area contributed by atoms with Crippen LogP contribution in [0.1, 0.15) is 41.9 Å². The maximum atomic E-state index is 12.9. The summed E-state index contributed by atoms with van der Waals surface area (Å²) < 4.78 is 0. The number of likely N-dealkylation sites (tertiary alicyclic amines) is 1. The van der Waals surface area contributed by atoms with Gasteiger partial charge in [0.05, 0.1) is 17.2 Å². The summed E-state index contributed by atoms with van der Waals surface area (Å²) in [4.78, 5) is 37.4. The third-order valence-corrected chi connectivity index (χ3v) is 7.39. The average Bonchev–Trinajstić information content (AvgIpc) is 3.42. The number of fused-ring (bicyclic) bond motifs is 4. The number of rotatable bonds is 5. The van der Waals surface area contributed by atoms with Gasteiger partial charge in [0.2, 0.25) is 5.91 Å². The van der Waals surface area contributed by atoms with Gasteiger partial charge in [0.25, 0.3) is 5.91 Å². The van der Waals surface area contributed by atoms with Crippen molar-refractivity contribution in [3.8, 4) is 0 Å². The second-order valence-electron chi connectivity index (χ2n) is 8.55. The Morgan fingerprint density at radius 1 is 1.34 bits per heavy atom. The second kappa shape index (κ2) is 7.91. The molecule has 3 saturated heterocycles. The summed E-state index contributed by atoms with van der Waals surface area (Å²) >= 11 is 1.64. The molecular formula is C21H27N5O2S. The number of carbonyl (C=O) groups is 2. The van der Waals surface area contributed by atoms with Crippen molar-refractivity contribution in [1.82, 2.24) is 25.1 Å². The first kappa shape index (κ1) is 18.8. The Labute approximate surface area is 174 Å². The van der Waals surface area contributed by atoms with Crippen LogP contribution in [-0.2, 0) is 11.3 Å². The van der Waals surface area contributed by atoms with Crippen molar-refractivity contribution < 1.29 is 9.59 Å². The molecule has 2 N–H and O–H groups in total. The Bertz CT molecular complexity index is 853. The molecule has 0 unspecified atom stereocenters. The molecule has 2 aromatic rings. The molecule has 4 atom stereocenters. The molecule has 0 aliphatic carbocycles. The first-order valence-electron chi connectivity index (χ1n) is 10.5. The highest BCUT2D eigenvalue weighted by atomic mass is 32.1. The van der Waals surface area contributed by atoms with Crippen LogP contribution in [0.2, 0.25) is 0 Å². The van der Waals surface area contributed by atoms with Crippen LogP contribution < -0.4 is 5.32 Å². The lowest BCUT2D eigenvalue weighted by atomic mass is 9.72. The van der Waals surface area contributed by atoms with Gasteiger partial charge in [0, 0.05) is 50.2 Å². The van der Waals surface area contributed by atoms with Crippen molar-refractivity contribution in [2.45, 2.75) is 44.3 Å². The highest BCUT2D eigenvalue weighted by molar-refractivity contribution is 7.07. The number of carbonyl (C=O) groups excluding carboxylic acids is 2. The van der Waals surface area contributed by atoms with Gasteiger partial charge in [-0.25, -0.2) is 4.98 Å². The molecule has 154 valence electrons. The summed E-state index contributed by atoms with van der Waals surface area (Å²) in [5, 5.41) is 5.20. The van der Waals surface area contributed by atoms with Crippen molar-refractivity contribution in [2.24, 2.45) is 11.8 Å². The van der Waals surface area contributed by atoms with Crippen LogP contribution in [0.5, 0.6) is 0 Å². The smallest absolute Gasteiger partial charge is 0.267 e. The van der Waals surface area contributed by atoms with Gasteiger partial charge in [0.15, 0.2) is 0 Å². The first-order chi connectivity index (χ1) is 14.2. The Balaban J connectivity index is 1.34. The number of thiazole rings is 1. The molecule has 3 fully saturated rings. The largest absolute Gasteiger partial charge is 0.357 e. The summed E-state index contributed by atoms with van der Waals surface area (Å²) in [7, 11) is 0. The van der Waals surface area contributed by atoms with Crippen LogP contribution in [0.3, 0.4) is 0 Å². The van der Waals surface area contributed by atoms with Gasteiger partial charge in [-0.3, -0.25) is 14.5 Å². The molecule has 3 aliphatic rings. The van der Waals surface area contributed by atoms with Gasteiger partial charge in [-0.05, 0) is 43.2 Å². The molecule has 0 aromatic carbocycles. The van der Waals surface area contributed by atoms with Gasteiger partial charge in [0.1, 0.15) is 5.69 Å². The van der Waals surface area contributed by atoms with Crippen LogP contribution in [0.25, 0.3) is 0 Å². The summed E-state index contributed by atoms with van der Waals surface area (Å²) in [6, 6.07) is 3.97. The number of H-pyrrole nitrogens is 1. The number of piperidine rings is 3.